The molecule has 186 valence electrons. The standard InChI is InChI=1S/C22H28N4O5S2.ClH/c1-13-10-26(11-14(2)31-13)33(29,30)16-6-4-15(5-7-16)21(28)24-22-19(20(23)27)17-8-9-25(3)12-18(17)32-22;/h4-7,13-14H,8-12H2,1-3H3,(H2,23,27)(H,24,28);1H. The minimum Gasteiger partial charge on any atom is -0.373 e. The van der Waals surface area contributed by atoms with Gasteiger partial charge in [0.1, 0.15) is 5.00 Å². The fourth-order valence-electron chi connectivity index (χ4n) is 4.31. The molecule has 1 saturated heterocycles. The molecule has 2 aliphatic heterocycles. The van der Waals surface area contributed by atoms with Gasteiger partial charge < -0.3 is 20.7 Å². The van der Waals surface area contributed by atoms with Gasteiger partial charge in [-0.1, -0.05) is 0 Å². The second kappa shape index (κ2) is 10.3. The van der Waals surface area contributed by atoms with E-state index < -0.39 is 21.8 Å². The van der Waals surface area contributed by atoms with Crippen LogP contribution in [0.4, 0.5) is 5.00 Å². The Morgan fingerprint density at radius 1 is 1.15 bits per heavy atom. The van der Waals surface area contributed by atoms with Crippen molar-refractivity contribution in [1.29, 1.82) is 0 Å². The van der Waals surface area contributed by atoms with Crippen molar-refractivity contribution in [3.05, 3.63) is 45.8 Å². The molecule has 0 radical (unpaired) electrons. The summed E-state index contributed by atoms with van der Waals surface area (Å²) in [5.74, 6) is -0.996. The van der Waals surface area contributed by atoms with Gasteiger partial charge in [-0.05, 0) is 57.1 Å². The van der Waals surface area contributed by atoms with E-state index in [1.54, 1.807) is 0 Å². The summed E-state index contributed by atoms with van der Waals surface area (Å²) in [6.07, 6.45) is 0.316. The summed E-state index contributed by atoms with van der Waals surface area (Å²) in [6.45, 7) is 5.75. The highest BCUT2D eigenvalue weighted by molar-refractivity contribution is 7.89. The number of hydrogen-bond acceptors (Lipinski definition) is 7. The molecule has 2 aromatic rings. The Morgan fingerprint density at radius 3 is 2.35 bits per heavy atom. The minimum atomic E-state index is -3.70. The van der Waals surface area contributed by atoms with Crippen molar-refractivity contribution >= 4 is 50.6 Å². The molecular formula is C22H29ClN4O5S2. The van der Waals surface area contributed by atoms with Crippen LogP contribution in [0, 0.1) is 0 Å². The highest BCUT2D eigenvalue weighted by atomic mass is 35.5. The summed E-state index contributed by atoms with van der Waals surface area (Å²) in [4.78, 5) is 28.2. The van der Waals surface area contributed by atoms with Crippen molar-refractivity contribution in [3.8, 4) is 0 Å². The Hall–Kier alpha value is -2.02. The molecule has 0 spiro atoms. The van der Waals surface area contributed by atoms with Crippen LogP contribution < -0.4 is 11.1 Å². The van der Waals surface area contributed by atoms with E-state index in [2.05, 4.69) is 10.2 Å². The molecule has 2 aliphatic rings. The van der Waals surface area contributed by atoms with Crippen LogP contribution in [0.15, 0.2) is 29.2 Å². The van der Waals surface area contributed by atoms with Crippen molar-refractivity contribution in [2.45, 2.75) is 43.9 Å². The first-order chi connectivity index (χ1) is 15.6. The van der Waals surface area contributed by atoms with E-state index in [9.17, 15) is 18.0 Å². The fourth-order valence-corrected chi connectivity index (χ4v) is 7.23. The molecule has 0 aliphatic carbocycles. The number of thiophene rings is 1. The van der Waals surface area contributed by atoms with Crippen LogP contribution in [0.25, 0.3) is 0 Å². The number of nitrogens with two attached hydrogens (primary N) is 1. The number of nitrogens with zero attached hydrogens (tertiary/aromatic N) is 2. The first-order valence-corrected chi connectivity index (χ1v) is 13.0. The Bertz CT molecular complexity index is 1170. The number of carbonyl (C=O) groups excluding carboxylic acids is 2. The molecular weight excluding hydrogens is 500 g/mol. The summed E-state index contributed by atoms with van der Waals surface area (Å²) >= 11 is 1.35. The number of rotatable bonds is 5. The van der Waals surface area contributed by atoms with Crippen LogP contribution in [0.1, 0.15) is 45.0 Å². The number of likely N-dealkylation sites (N-methyl/N-ethyl adjacent to an activating group) is 1. The van der Waals surface area contributed by atoms with Gasteiger partial charge in [0.2, 0.25) is 10.0 Å². The van der Waals surface area contributed by atoms with Gasteiger partial charge in [-0.3, -0.25) is 9.59 Å². The fraction of sp³-hybridized carbons (Fsp3) is 0.455. The number of nitrogens with one attached hydrogen (secondary N) is 1. The Balaban J connectivity index is 0.00000324. The first kappa shape index (κ1) is 26.6. The molecule has 34 heavy (non-hydrogen) atoms. The second-order valence-corrected chi connectivity index (χ2v) is 11.7. The van der Waals surface area contributed by atoms with Gasteiger partial charge in [0, 0.05) is 36.6 Å². The molecule has 3 N–H and O–H groups in total. The maximum absolute atomic E-state index is 13.0. The summed E-state index contributed by atoms with van der Waals surface area (Å²) in [7, 11) is -1.70. The molecule has 0 saturated carbocycles. The molecule has 0 bridgehead atoms. The van der Waals surface area contributed by atoms with Crippen LogP contribution in [-0.2, 0) is 27.7 Å². The number of halogens is 1. The van der Waals surface area contributed by atoms with E-state index in [0.29, 0.717) is 23.5 Å². The zero-order valence-electron chi connectivity index (χ0n) is 19.2. The van der Waals surface area contributed by atoms with Gasteiger partial charge in [-0.2, -0.15) is 4.31 Å². The van der Waals surface area contributed by atoms with Crippen LogP contribution >= 0.6 is 23.7 Å². The lowest BCUT2D eigenvalue weighted by Crippen LogP contribution is -2.48. The Labute approximate surface area is 209 Å². The highest BCUT2D eigenvalue weighted by Gasteiger charge is 2.32. The molecule has 2 amide bonds. The zero-order valence-corrected chi connectivity index (χ0v) is 21.7. The molecule has 9 nitrogen and oxygen atoms in total. The molecule has 3 heterocycles. The van der Waals surface area contributed by atoms with Crippen LogP contribution in [0.2, 0.25) is 0 Å². The van der Waals surface area contributed by atoms with E-state index in [1.165, 1.54) is 39.9 Å². The summed E-state index contributed by atoms with van der Waals surface area (Å²) in [6, 6.07) is 5.80. The van der Waals surface area contributed by atoms with E-state index in [4.69, 9.17) is 10.5 Å². The van der Waals surface area contributed by atoms with Crippen molar-refractivity contribution in [1.82, 2.24) is 9.21 Å². The van der Waals surface area contributed by atoms with Gasteiger partial charge in [-0.25, -0.2) is 8.42 Å². The molecule has 1 aromatic carbocycles. The van der Waals surface area contributed by atoms with E-state index in [0.717, 1.165) is 17.0 Å². The van der Waals surface area contributed by atoms with Gasteiger partial charge in [0.05, 0.1) is 22.7 Å². The van der Waals surface area contributed by atoms with Gasteiger partial charge in [0.15, 0.2) is 0 Å². The zero-order chi connectivity index (χ0) is 23.9. The summed E-state index contributed by atoms with van der Waals surface area (Å²) in [5, 5.41) is 3.23. The normalized spacial score (nSPS) is 21.4. The predicted molar refractivity (Wildman–Crippen MR) is 133 cm³/mol. The Morgan fingerprint density at radius 2 is 1.76 bits per heavy atom. The number of morpholine rings is 1. The second-order valence-electron chi connectivity index (χ2n) is 8.62. The molecule has 2 unspecified atom stereocenters. The number of benzene rings is 1. The maximum atomic E-state index is 13.0. The molecule has 1 fully saturated rings. The van der Waals surface area contributed by atoms with Crippen molar-refractivity contribution < 1.29 is 22.7 Å². The topological polar surface area (TPSA) is 122 Å². The lowest BCUT2D eigenvalue weighted by molar-refractivity contribution is -0.0440. The lowest BCUT2D eigenvalue weighted by Gasteiger charge is -2.34. The molecule has 1 aromatic heterocycles. The van der Waals surface area contributed by atoms with Crippen LogP contribution in [0.3, 0.4) is 0 Å². The lowest BCUT2D eigenvalue weighted by atomic mass is 10.0. The third-order valence-electron chi connectivity index (χ3n) is 5.86. The average molecular weight is 529 g/mol. The number of anilines is 1. The number of carbonyl (C=O) groups is 2. The van der Waals surface area contributed by atoms with Crippen LogP contribution in [0.5, 0.6) is 0 Å². The number of hydrogen-bond donors (Lipinski definition) is 2. The average Bonchev–Trinajstić information content (AvgIpc) is 3.10. The summed E-state index contributed by atoms with van der Waals surface area (Å²) in [5.41, 5.74) is 7.17. The van der Waals surface area contributed by atoms with E-state index >= 15 is 0 Å². The molecule has 4 rings (SSSR count). The van der Waals surface area contributed by atoms with Gasteiger partial charge in [0.25, 0.3) is 11.8 Å². The third kappa shape index (κ3) is 5.29. The molecule has 12 heteroatoms. The quantitative estimate of drug-likeness (QED) is 0.614. The summed E-state index contributed by atoms with van der Waals surface area (Å²) < 4.78 is 33.1. The largest absolute Gasteiger partial charge is 0.373 e. The number of ether oxygens (including phenoxy) is 1. The Kier molecular flexibility index (Phi) is 8.06. The SMILES string of the molecule is CC1CN(S(=O)(=O)c2ccc(C(=O)Nc3sc4c(c3C(N)=O)CCN(C)C4)cc2)CC(C)O1.Cl. The monoisotopic (exact) mass is 528 g/mol. The number of primary amides is 1. The van der Waals surface area contributed by atoms with Crippen molar-refractivity contribution in [2.75, 3.05) is 32.0 Å². The minimum absolute atomic E-state index is 0. The third-order valence-corrected chi connectivity index (χ3v) is 8.84. The number of sulfonamides is 1. The molecule has 2 atom stereocenters. The van der Waals surface area contributed by atoms with Crippen molar-refractivity contribution in [3.63, 3.8) is 0 Å². The number of amides is 2. The van der Waals surface area contributed by atoms with Gasteiger partial charge in [-0.15, -0.1) is 23.7 Å². The van der Waals surface area contributed by atoms with Crippen molar-refractivity contribution in [2.24, 2.45) is 5.73 Å². The van der Waals surface area contributed by atoms with E-state index in [1.807, 2.05) is 20.9 Å². The predicted octanol–water partition coefficient (Wildman–Crippen LogP) is 2.31. The maximum Gasteiger partial charge on any atom is 0.256 e. The smallest absolute Gasteiger partial charge is 0.256 e. The van der Waals surface area contributed by atoms with E-state index in [-0.39, 0.29) is 48.2 Å². The number of fused-ring (bicyclic) bond motifs is 1. The van der Waals surface area contributed by atoms with Gasteiger partial charge >= 0.3 is 0 Å². The highest BCUT2D eigenvalue weighted by Crippen LogP contribution is 2.37. The first-order valence-electron chi connectivity index (χ1n) is 10.8. The van der Waals surface area contributed by atoms with Crippen LogP contribution in [-0.4, -0.2) is 68.3 Å².